The number of benzene rings is 2. The van der Waals surface area contributed by atoms with E-state index in [0.717, 1.165) is 28.7 Å². The van der Waals surface area contributed by atoms with Gasteiger partial charge < -0.3 is 5.32 Å². The highest BCUT2D eigenvalue weighted by Gasteiger charge is 2.55. The van der Waals surface area contributed by atoms with Crippen LogP contribution in [0.25, 0.3) is 10.9 Å². The van der Waals surface area contributed by atoms with Gasteiger partial charge in [0.25, 0.3) is 5.91 Å². The van der Waals surface area contributed by atoms with E-state index in [-0.39, 0.29) is 23.1 Å². The van der Waals surface area contributed by atoms with Crippen molar-refractivity contribution in [3.8, 4) is 0 Å². The summed E-state index contributed by atoms with van der Waals surface area (Å²) in [6.07, 6.45) is 5.95. The van der Waals surface area contributed by atoms with Crippen LogP contribution in [0.3, 0.4) is 0 Å². The molecule has 2 aliphatic rings. The van der Waals surface area contributed by atoms with Gasteiger partial charge in [-0.25, -0.2) is 4.39 Å². The Morgan fingerprint density at radius 1 is 1.23 bits per heavy atom. The summed E-state index contributed by atoms with van der Waals surface area (Å²) in [5, 5.41) is 11.3. The number of amides is 1. The van der Waals surface area contributed by atoms with E-state index in [0.29, 0.717) is 5.56 Å². The molecule has 3 aromatic rings. The number of anilines is 1. The van der Waals surface area contributed by atoms with Gasteiger partial charge in [0.2, 0.25) is 0 Å². The van der Waals surface area contributed by atoms with Gasteiger partial charge >= 0.3 is 0 Å². The minimum atomic E-state index is -0.223. The number of aromatic nitrogens is 2. The van der Waals surface area contributed by atoms with E-state index in [1.807, 2.05) is 48.5 Å². The van der Waals surface area contributed by atoms with Crippen LogP contribution in [0.1, 0.15) is 22.5 Å². The summed E-state index contributed by atoms with van der Waals surface area (Å²) in [7, 11) is 0. The van der Waals surface area contributed by atoms with Crippen molar-refractivity contribution in [1.82, 2.24) is 10.2 Å². The summed E-state index contributed by atoms with van der Waals surface area (Å²) < 4.78 is 13.5. The lowest BCUT2D eigenvalue weighted by atomic mass is 9.92. The van der Waals surface area contributed by atoms with Crippen molar-refractivity contribution in [2.75, 3.05) is 5.32 Å². The lowest BCUT2D eigenvalue weighted by molar-refractivity contribution is 0.102. The second kappa shape index (κ2) is 5.39. The first-order valence-corrected chi connectivity index (χ1v) is 8.57. The third kappa shape index (κ3) is 2.28. The average molecular weight is 345 g/mol. The molecule has 0 radical (unpaired) electrons. The fourth-order valence-corrected chi connectivity index (χ4v) is 3.78. The van der Waals surface area contributed by atoms with Crippen molar-refractivity contribution in [2.24, 2.45) is 5.92 Å². The number of carbonyl (C=O) groups excluding carboxylic acids is 1. The van der Waals surface area contributed by atoms with Crippen LogP contribution in [-0.2, 0) is 5.41 Å². The molecule has 0 spiro atoms. The van der Waals surface area contributed by atoms with Crippen LogP contribution in [0.2, 0.25) is 0 Å². The van der Waals surface area contributed by atoms with Gasteiger partial charge in [-0.15, -0.1) is 0 Å². The number of nitrogens with zero attached hydrogens (tertiary/aromatic N) is 1. The molecule has 4 nitrogen and oxygen atoms in total. The largest absolute Gasteiger partial charge is 0.322 e. The smallest absolute Gasteiger partial charge is 0.255 e. The summed E-state index contributed by atoms with van der Waals surface area (Å²) in [6.45, 7) is 0. The number of hydrogen-bond acceptors (Lipinski definition) is 2. The number of aromatic amines is 1. The van der Waals surface area contributed by atoms with E-state index in [4.69, 9.17) is 0 Å². The van der Waals surface area contributed by atoms with Crippen LogP contribution in [0.15, 0.2) is 72.6 Å². The molecule has 1 amide bonds. The van der Waals surface area contributed by atoms with Crippen molar-refractivity contribution in [1.29, 1.82) is 0 Å². The molecular weight excluding hydrogens is 329 g/mol. The van der Waals surface area contributed by atoms with E-state index in [2.05, 4.69) is 15.5 Å². The first-order chi connectivity index (χ1) is 12.7. The van der Waals surface area contributed by atoms with E-state index < -0.39 is 0 Å². The van der Waals surface area contributed by atoms with Crippen LogP contribution in [0.4, 0.5) is 10.1 Å². The number of allylic oxidation sites excluding steroid dienone is 4. The maximum Gasteiger partial charge on any atom is 0.255 e. The fraction of sp³-hybridized carbons (Fsp3) is 0.143. The molecule has 2 N–H and O–H groups in total. The standard InChI is InChI=1S/C21H16FN3O/c22-15-8-9-21(12-14(21)11-15)19-17-10-13(6-7-18(17)24-25-19)20(26)23-16-4-2-1-3-5-16/h1-11,14H,12H2,(H,23,26)(H,24,25). The molecule has 5 heteroatoms. The van der Waals surface area contributed by atoms with Gasteiger partial charge in [-0.1, -0.05) is 24.3 Å². The van der Waals surface area contributed by atoms with Gasteiger partial charge in [-0.2, -0.15) is 5.10 Å². The van der Waals surface area contributed by atoms with Crippen LogP contribution >= 0.6 is 0 Å². The lowest BCUT2D eigenvalue weighted by Gasteiger charge is -2.13. The molecular formula is C21H16FN3O. The molecule has 2 aliphatic carbocycles. The molecule has 1 fully saturated rings. The molecule has 1 aromatic heterocycles. The van der Waals surface area contributed by atoms with Crippen molar-refractivity contribution in [3.05, 3.63) is 83.8 Å². The molecule has 0 saturated heterocycles. The Bertz CT molecular complexity index is 1080. The topological polar surface area (TPSA) is 57.8 Å². The molecule has 1 saturated carbocycles. The molecule has 1 heterocycles. The van der Waals surface area contributed by atoms with Crippen LogP contribution in [-0.4, -0.2) is 16.1 Å². The van der Waals surface area contributed by atoms with Gasteiger partial charge in [0.15, 0.2) is 0 Å². The molecule has 5 rings (SSSR count). The maximum atomic E-state index is 13.5. The number of nitrogens with one attached hydrogen (secondary N) is 2. The highest BCUT2D eigenvalue weighted by molar-refractivity contribution is 6.06. The van der Waals surface area contributed by atoms with Crippen LogP contribution in [0.5, 0.6) is 0 Å². The third-order valence-electron chi connectivity index (χ3n) is 5.27. The maximum absolute atomic E-state index is 13.5. The monoisotopic (exact) mass is 345 g/mol. The molecule has 0 bridgehead atoms. The molecule has 2 aromatic carbocycles. The van der Waals surface area contributed by atoms with Crippen molar-refractivity contribution in [2.45, 2.75) is 11.8 Å². The molecule has 26 heavy (non-hydrogen) atoms. The summed E-state index contributed by atoms with van der Waals surface area (Å²) in [4.78, 5) is 12.6. The Hall–Kier alpha value is -3.21. The Labute approximate surface area is 149 Å². The zero-order chi connectivity index (χ0) is 17.7. The number of carbonyl (C=O) groups is 1. The van der Waals surface area contributed by atoms with Gasteiger partial charge in [0.05, 0.1) is 11.2 Å². The zero-order valence-corrected chi connectivity index (χ0v) is 13.9. The zero-order valence-electron chi connectivity index (χ0n) is 13.9. The predicted molar refractivity (Wildman–Crippen MR) is 98.6 cm³/mol. The normalized spacial score (nSPS) is 23.4. The summed E-state index contributed by atoms with van der Waals surface area (Å²) >= 11 is 0. The number of rotatable bonds is 3. The van der Waals surface area contributed by atoms with Gasteiger partial charge in [0.1, 0.15) is 5.83 Å². The Kier molecular flexibility index (Phi) is 3.13. The Balaban J connectivity index is 1.51. The lowest BCUT2D eigenvalue weighted by Crippen LogP contribution is -2.12. The van der Waals surface area contributed by atoms with Gasteiger partial charge in [0, 0.05) is 22.1 Å². The third-order valence-corrected chi connectivity index (χ3v) is 5.27. The van der Waals surface area contributed by atoms with Crippen molar-refractivity contribution < 1.29 is 9.18 Å². The Morgan fingerprint density at radius 3 is 2.88 bits per heavy atom. The number of fused-ring (bicyclic) bond motifs is 2. The highest BCUT2D eigenvalue weighted by atomic mass is 19.1. The predicted octanol–water partition coefficient (Wildman–Crippen LogP) is 4.50. The van der Waals surface area contributed by atoms with Gasteiger partial charge in [-0.05, 0) is 54.8 Å². The van der Waals surface area contributed by atoms with E-state index >= 15 is 0 Å². The summed E-state index contributed by atoms with van der Waals surface area (Å²) in [5.41, 5.74) is 2.85. The number of para-hydroxylation sites is 1. The minimum absolute atomic E-state index is 0.151. The van der Waals surface area contributed by atoms with Crippen molar-refractivity contribution in [3.63, 3.8) is 0 Å². The highest BCUT2D eigenvalue weighted by Crippen LogP contribution is 2.59. The molecule has 128 valence electrons. The minimum Gasteiger partial charge on any atom is -0.322 e. The SMILES string of the molecule is O=C(Nc1ccccc1)c1ccc2n[nH]c(C34C=CC(F)=CC3C4)c2c1. The first-order valence-electron chi connectivity index (χ1n) is 8.57. The number of H-pyrrole nitrogens is 1. The van der Waals surface area contributed by atoms with Gasteiger partial charge in [-0.3, -0.25) is 9.89 Å². The molecule has 2 unspecified atom stereocenters. The fourth-order valence-electron chi connectivity index (χ4n) is 3.78. The Morgan fingerprint density at radius 2 is 2.08 bits per heavy atom. The van der Waals surface area contributed by atoms with E-state index in [1.165, 1.54) is 6.08 Å². The quantitative estimate of drug-likeness (QED) is 0.734. The van der Waals surface area contributed by atoms with Crippen LogP contribution in [0, 0.1) is 5.92 Å². The summed E-state index contributed by atoms with van der Waals surface area (Å²) in [5.74, 6) is -0.201. The van der Waals surface area contributed by atoms with Crippen molar-refractivity contribution >= 4 is 22.5 Å². The second-order valence-electron chi connectivity index (χ2n) is 6.89. The first kappa shape index (κ1) is 15.1. The number of halogens is 1. The molecule has 0 aliphatic heterocycles. The van der Waals surface area contributed by atoms with Crippen LogP contribution < -0.4 is 5.32 Å². The summed E-state index contributed by atoms with van der Waals surface area (Å²) in [6, 6.07) is 14.8. The van der Waals surface area contributed by atoms with E-state index in [1.54, 1.807) is 12.1 Å². The average Bonchev–Trinajstić information content (AvgIpc) is 3.21. The number of hydrogen-bond donors (Lipinski definition) is 2. The second-order valence-corrected chi connectivity index (χ2v) is 6.89. The molecule has 2 atom stereocenters. The van der Waals surface area contributed by atoms with E-state index in [9.17, 15) is 9.18 Å².